The highest BCUT2D eigenvalue weighted by Gasteiger charge is 2.27. The van der Waals surface area contributed by atoms with Crippen molar-refractivity contribution in [2.24, 2.45) is 0 Å². The third-order valence-corrected chi connectivity index (χ3v) is 6.55. The molecule has 2 aromatic heterocycles. The number of amides is 1. The lowest BCUT2D eigenvalue weighted by atomic mass is 9.93. The Kier molecular flexibility index (Phi) is 6.11. The third kappa shape index (κ3) is 4.31. The van der Waals surface area contributed by atoms with E-state index in [1.807, 2.05) is 52.8 Å². The summed E-state index contributed by atoms with van der Waals surface area (Å²) in [6.45, 7) is 3.74. The summed E-state index contributed by atoms with van der Waals surface area (Å²) < 4.78 is 15.3. The Morgan fingerprint density at radius 2 is 1.94 bits per heavy atom. The number of aliphatic hydroxyl groups is 1. The number of likely N-dealkylation sites (tertiary alicyclic amines) is 1. The van der Waals surface area contributed by atoms with Gasteiger partial charge >= 0.3 is 0 Å². The molecule has 4 aromatic rings. The van der Waals surface area contributed by atoms with E-state index in [2.05, 4.69) is 4.98 Å². The fraction of sp³-hybridized carbons (Fsp3) is 0.296. The maximum atomic E-state index is 13.4. The van der Waals surface area contributed by atoms with Crippen LogP contribution >= 0.6 is 0 Å². The maximum Gasteiger partial charge on any atom is 0.253 e. The molecule has 0 radical (unpaired) electrons. The number of hydrogen-bond acceptors (Lipinski definition) is 4. The van der Waals surface area contributed by atoms with E-state index < -0.39 is 0 Å². The van der Waals surface area contributed by atoms with E-state index in [-0.39, 0.29) is 24.2 Å². The van der Waals surface area contributed by atoms with Gasteiger partial charge in [0.1, 0.15) is 11.6 Å². The summed E-state index contributed by atoms with van der Waals surface area (Å²) in [5.74, 6) is 0.692. The zero-order chi connectivity index (χ0) is 23.7. The number of rotatable bonds is 5. The third-order valence-electron chi connectivity index (χ3n) is 6.55. The van der Waals surface area contributed by atoms with E-state index in [9.17, 15) is 14.3 Å². The molecule has 1 unspecified atom stereocenters. The van der Waals surface area contributed by atoms with Crippen molar-refractivity contribution in [3.05, 3.63) is 83.6 Å². The van der Waals surface area contributed by atoms with Crippen LogP contribution in [0.1, 0.15) is 40.6 Å². The highest BCUT2D eigenvalue weighted by Crippen LogP contribution is 2.29. The molecule has 2 aromatic carbocycles. The number of fused-ring (bicyclic) bond motifs is 1. The van der Waals surface area contributed by atoms with E-state index in [1.54, 1.807) is 12.1 Å². The van der Waals surface area contributed by atoms with Crippen LogP contribution in [0.2, 0.25) is 0 Å². The first-order valence-electron chi connectivity index (χ1n) is 11.6. The average Bonchev–Trinajstić information content (AvgIpc) is 3.18. The molecule has 3 heterocycles. The van der Waals surface area contributed by atoms with Gasteiger partial charge < -0.3 is 14.6 Å². The molecule has 1 aliphatic rings. The number of nitrogens with zero attached hydrogens (tertiary/aromatic N) is 4. The van der Waals surface area contributed by atoms with E-state index in [0.717, 1.165) is 46.7 Å². The molecular weight excluding hydrogens is 431 g/mol. The van der Waals surface area contributed by atoms with Crippen molar-refractivity contribution < 1.29 is 14.3 Å². The minimum Gasteiger partial charge on any atom is -0.395 e. The van der Waals surface area contributed by atoms with Crippen LogP contribution < -0.4 is 0 Å². The van der Waals surface area contributed by atoms with Crippen molar-refractivity contribution in [2.45, 2.75) is 32.2 Å². The molecule has 174 valence electrons. The second kappa shape index (κ2) is 9.35. The Hall–Kier alpha value is -3.58. The Bertz CT molecular complexity index is 1330. The van der Waals surface area contributed by atoms with Crippen molar-refractivity contribution >= 4 is 16.9 Å². The first-order chi connectivity index (χ1) is 16.5. The van der Waals surface area contributed by atoms with Crippen LogP contribution in [0.25, 0.3) is 22.3 Å². The van der Waals surface area contributed by atoms with E-state index in [4.69, 9.17) is 4.98 Å². The minimum absolute atomic E-state index is 0.00403. The molecule has 1 amide bonds. The van der Waals surface area contributed by atoms with Gasteiger partial charge in [-0.25, -0.2) is 9.37 Å². The number of aliphatic hydroxyl groups excluding tert-OH is 1. The molecule has 34 heavy (non-hydrogen) atoms. The van der Waals surface area contributed by atoms with Crippen LogP contribution in [-0.4, -0.2) is 50.1 Å². The summed E-state index contributed by atoms with van der Waals surface area (Å²) in [6.07, 6.45) is 1.87. The SMILES string of the molecule is Cc1nc2cc(C(=O)N3CCCC(c4cccc(-c5ccc(F)cc5)n4)C3)ccc2n1CCO. The molecular formula is C27H27FN4O2. The van der Waals surface area contributed by atoms with E-state index in [0.29, 0.717) is 25.2 Å². The Balaban J connectivity index is 1.36. The summed E-state index contributed by atoms with van der Waals surface area (Å²) in [5.41, 5.74) is 4.93. The molecule has 1 fully saturated rings. The number of aryl methyl sites for hydroxylation is 1. The largest absolute Gasteiger partial charge is 0.395 e. The molecule has 6 nitrogen and oxygen atoms in total. The number of halogens is 1. The van der Waals surface area contributed by atoms with Crippen molar-refractivity contribution in [2.75, 3.05) is 19.7 Å². The van der Waals surface area contributed by atoms with Gasteiger partial charge in [-0.3, -0.25) is 9.78 Å². The molecule has 7 heteroatoms. The zero-order valence-electron chi connectivity index (χ0n) is 19.1. The molecule has 1 atom stereocenters. The van der Waals surface area contributed by atoms with Gasteiger partial charge in [-0.1, -0.05) is 6.07 Å². The second-order valence-electron chi connectivity index (χ2n) is 8.78. The van der Waals surface area contributed by atoms with Gasteiger partial charge in [0.25, 0.3) is 5.91 Å². The minimum atomic E-state index is -0.269. The van der Waals surface area contributed by atoms with Crippen molar-refractivity contribution in [3.8, 4) is 11.3 Å². The van der Waals surface area contributed by atoms with Crippen LogP contribution in [0.5, 0.6) is 0 Å². The van der Waals surface area contributed by atoms with Crippen LogP contribution in [-0.2, 0) is 6.54 Å². The van der Waals surface area contributed by atoms with Gasteiger partial charge in [-0.05, 0) is 74.4 Å². The predicted octanol–water partition coefficient (Wildman–Crippen LogP) is 4.56. The fourth-order valence-corrected chi connectivity index (χ4v) is 4.81. The number of hydrogen-bond donors (Lipinski definition) is 1. The van der Waals surface area contributed by atoms with Crippen molar-refractivity contribution in [3.63, 3.8) is 0 Å². The second-order valence-corrected chi connectivity index (χ2v) is 8.78. The fourth-order valence-electron chi connectivity index (χ4n) is 4.81. The van der Waals surface area contributed by atoms with Crippen LogP contribution in [0, 0.1) is 12.7 Å². The smallest absolute Gasteiger partial charge is 0.253 e. The first-order valence-corrected chi connectivity index (χ1v) is 11.6. The van der Waals surface area contributed by atoms with Gasteiger partial charge in [-0.2, -0.15) is 0 Å². The number of imidazole rings is 1. The lowest BCUT2D eigenvalue weighted by molar-refractivity contribution is 0.0706. The van der Waals surface area contributed by atoms with Gasteiger partial charge in [0.15, 0.2) is 0 Å². The summed E-state index contributed by atoms with van der Waals surface area (Å²) in [5, 5.41) is 9.32. The first kappa shape index (κ1) is 22.2. The lowest BCUT2D eigenvalue weighted by Gasteiger charge is -2.32. The van der Waals surface area contributed by atoms with Gasteiger partial charge in [0.2, 0.25) is 0 Å². The molecule has 0 spiro atoms. The maximum absolute atomic E-state index is 13.4. The highest BCUT2D eigenvalue weighted by atomic mass is 19.1. The monoisotopic (exact) mass is 458 g/mol. The predicted molar refractivity (Wildman–Crippen MR) is 129 cm³/mol. The summed E-state index contributed by atoms with van der Waals surface area (Å²) in [4.78, 5) is 24.7. The molecule has 1 saturated heterocycles. The Morgan fingerprint density at radius 3 is 2.74 bits per heavy atom. The number of carbonyl (C=O) groups excluding carboxylic acids is 1. The molecule has 0 saturated carbocycles. The van der Waals surface area contributed by atoms with Crippen LogP contribution in [0.3, 0.4) is 0 Å². The molecule has 0 bridgehead atoms. The lowest BCUT2D eigenvalue weighted by Crippen LogP contribution is -2.39. The summed E-state index contributed by atoms with van der Waals surface area (Å²) in [7, 11) is 0. The molecule has 1 aliphatic heterocycles. The van der Waals surface area contributed by atoms with Gasteiger partial charge in [-0.15, -0.1) is 0 Å². The summed E-state index contributed by atoms with van der Waals surface area (Å²) >= 11 is 0. The Morgan fingerprint density at radius 1 is 1.12 bits per heavy atom. The van der Waals surface area contributed by atoms with Gasteiger partial charge in [0, 0.05) is 42.4 Å². The molecule has 0 aliphatic carbocycles. The van der Waals surface area contributed by atoms with Crippen molar-refractivity contribution in [1.29, 1.82) is 0 Å². The topological polar surface area (TPSA) is 71.2 Å². The number of benzene rings is 2. The number of carbonyl (C=O) groups is 1. The molecule has 1 N–H and O–H groups in total. The normalized spacial score (nSPS) is 16.2. The van der Waals surface area contributed by atoms with Crippen LogP contribution in [0.4, 0.5) is 4.39 Å². The quantitative estimate of drug-likeness (QED) is 0.476. The number of piperidine rings is 1. The van der Waals surface area contributed by atoms with E-state index >= 15 is 0 Å². The molecule has 5 rings (SSSR count). The van der Waals surface area contributed by atoms with Crippen LogP contribution in [0.15, 0.2) is 60.7 Å². The standard InChI is InChI=1S/C27H27FN4O2/c1-18-29-25-16-20(9-12-26(25)32(18)14-15-33)27(34)31-13-3-4-21(17-31)24-6-2-5-23(30-24)19-7-10-22(28)11-8-19/h2,5-12,16,21,33H,3-4,13-15,17H2,1H3. The highest BCUT2D eigenvalue weighted by molar-refractivity contribution is 5.97. The summed E-state index contributed by atoms with van der Waals surface area (Å²) in [6, 6.07) is 17.9. The van der Waals surface area contributed by atoms with E-state index in [1.165, 1.54) is 12.1 Å². The van der Waals surface area contributed by atoms with Gasteiger partial charge in [0.05, 0.1) is 23.3 Å². The van der Waals surface area contributed by atoms with Crippen molar-refractivity contribution in [1.82, 2.24) is 19.4 Å². The number of aromatic nitrogens is 3. The Labute approximate surface area is 197 Å². The zero-order valence-corrected chi connectivity index (χ0v) is 19.1. The number of pyridine rings is 1. The average molecular weight is 459 g/mol.